The van der Waals surface area contributed by atoms with Crippen LogP contribution in [0.25, 0.3) is 0 Å². The average Bonchev–Trinajstić information content (AvgIpc) is 2.70. The van der Waals surface area contributed by atoms with E-state index in [1.807, 2.05) is 30.0 Å². The van der Waals surface area contributed by atoms with Crippen molar-refractivity contribution in [2.75, 3.05) is 31.5 Å². The first-order valence-electron chi connectivity index (χ1n) is 8.80. The van der Waals surface area contributed by atoms with Crippen LogP contribution in [-0.4, -0.2) is 53.8 Å². The Morgan fingerprint density at radius 3 is 2.37 bits per heavy atom. The van der Waals surface area contributed by atoms with E-state index in [1.165, 1.54) is 18.2 Å². The molecule has 2 aromatic rings. The zero-order valence-corrected chi connectivity index (χ0v) is 15.7. The molecular formula is C20H21ClFN3O2. The van der Waals surface area contributed by atoms with Gasteiger partial charge < -0.3 is 10.2 Å². The second-order valence-corrected chi connectivity index (χ2v) is 6.90. The molecular weight excluding hydrogens is 369 g/mol. The molecule has 1 heterocycles. The summed E-state index contributed by atoms with van der Waals surface area (Å²) in [6, 6.07) is 12.9. The van der Waals surface area contributed by atoms with Crippen LogP contribution in [0.4, 0.5) is 10.1 Å². The van der Waals surface area contributed by atoms with Crippen LogP contribution >= 0.6 is 11.6 Å². The zero-order chi connectivity index (χ0) is 19.4. The van der Waals surface area contributed by atoms with Gasteiger partial charge in [-0.1, -0.05) is 29.8 Å². The third kappa shape index (κ3) is 4.64. The van der Waals surface area contributed by atoms with E-state index in [2.05, 4.69) is 5.32 Å². The molecule has 27 heavy (non-hydrogen) atoms. The summed E-state index contributed by atoms with van der Waals surface area (Å²) in [7, 11) is 0. The van der Waals surface area contributed by atoms with Crippen molar-refractivity contribution in [3.63, 3.8) is 0 Å². The molecule has 1 unspecified atom stereocenters. The Balaban J connectivity index is 1.54. The second-order valence-electron chi connectivity index (χ2n) is 6.49. The van der Waals surface area contributed by atoms with Gasteiger partial charge in [0.25, 0.3) is 5.91 Å². The number of hydrogen-bond donors (Lipinski definition) is 1. The van der Waals surface area contributed by atoms with Crippen LogP contribution in [0, 0.1) is 5.82 Å². The summed E-state index contributed by atoms with van der Waals surface area (Å²) in [5, 5.41) is 2.72. The number of carbonyl (C=O) groups excluding carboxylic acids is 2. The van der Waals surface area contributed by atoms with Gasteiger partial charge in [-0.2, -0.15) is 0 Å². The first-order valence-corrected chi connectivity index (χ1v) is 9.18. The van der Waals surface area contributed by atoms with Crippen molar-refractivity contribution in [3.8, 4) is 0 Å². The van der Waals surface area contributed by atoms with Gasteiger partial charge in [0.15, 0.2) is 0 Å². The number of amides is 2. The summed E-state index contributed by atoms with van der Waals surface area (Å²) >= 11 is 5.75. The molecule has 0 aromatic heterocycles. The maximum atomic E-state index is 13.2. The first kappa shape index (κ1) is 19.3. The number of benzene rings is 2. The molecule has 1 saturated heterocycles. The van der Waals surface area contributed by atoms with Crippen LogP contribution in [0.3, 0.4) is 0 Å². The minimum atomic E-state index is -0.526. The minimum absolute atomic E-state index is 0.00769. The van der Waals surface area contributed by atoms with Crippen molar-refractivity contribution in [1.82, 2.24) is 9.80 Å². The standard InChI is InChI=1S/C20H21ClFN3O2/c1-14(19(26)23-16-7-8-18(22)17(21)13-16)24-9-11-25(12-10-24)20(27)15-5-3-2-4-6-15/h2-8,13-14H,9-12H2,1H3,(H,23,26). The lowest BCUT2D eigenvalue weighted by Crippen LogP contribution is -2.54. The number of halogens is 2. The number of anilines is 1. The summed E-state index contributed by atoms with van der Waals surface area (Å²) in [5.41, 5.74) is 1.13. The van der Waals surface area contributed by atoms with Crippen molar-refractivity contribution in [2.24, 2.45) is 0 Å². The van der Waals surface area contributed by atoms with Crippen molar-refractivity contribution in [2.45, 2.75) is 13.0 Å². The van der Waals surface area contributed by atoms with Gasteiger partial charge in [-0.25, -0.2) is 4.39 Å². The first-order chi connectivity index (χ1) is 13.0. The molecule has 1 atom stereocenters. The summed E-state index contributed by atoms with van der Waals surface area (Å²) in [5.74, 6) is -0.712. The van der Waals surface area contributed by atoms with Gasteiger partial charge >= 0.3 is 0 Å². The Hall–Kier alpha value is -2.44. The molecule has 0 aliphatic carbocycles. The fourth-order valence-corrected chi connectivity index (χ4v) is 3.24. The molecule has 7 heteroatoms. The monoisotopic (exact) mass is 389 g/mol. The normalized spacial score (nSPS) is 16.0. The van der Waals surface area contributed by atoms with Crippen molar-refractivity contribution in [1.29, 1.82) is 0 Å². The molecule has 0 bridgehead atoms. The number of nitrogens with zero attached hydrogens (tertiary/aromatic N) is 2. The predicted octanol–water partition coefficient (Wildman–Crippen LogP) is 3.26. The fourth-order valence-electron chi connectivity index (χ4n) is 3.06. The molecule has 0 saturated carbocycles. The number of hydrogen-bond acceptors (Lipinski definition) is 3. The molecule has 1 aliphatic rings. The summed E-state index contributed by atoms with van der Waals surface area (Å²) < 4.78 is 13.2. The molecule has 5 nitrogen and oxygen atoms in total. The molecule has 1 fully saturated rings. The topological polar surface area (TPSA) is 52.7 Å². The van der Waals surface area contributed by atoms with E-state index in [0.29, 0.717) is 37.4 Å². The van der Waals surface area contributed by atoms with Crippen molar-refractivity contribution < 1.29 is 14.0 Å². The molecule has 1 aliphatic heterocycles. The summed E-state index contributed by atoms with van der Waals surface area (Å²) in [6.07, 6.45) is 0. The van der Waals surface area contributed by atoms with Gasteiger partial charge in [0.1, 0.15) is 5.82 Å². The Morgan fingerprint density at radius 2 is 1.74 bits per heavy atom. The van der Waals surface area contributed by atoms with Crippen LogP contribution in [0.15, 0.2) is 48.5 Å². The molecule has 2 amide bonds. The lowest BCUT2D eigenvalue weighted by Gasteiger charge is -2.37. The molecule has 0 radical (unpaired) electrons. The number of carbonyl (C=O) groups is 2. The van der Waals surface area contributed by atoms with Crippen LogP contribution in [0.2, 0.25) is 5.02 Å². The largest absolute Gasteiger partial charge is 0.336 e. The maximum absolute atomic E-state index is 13.2. The third-order valence-corrected chi connectivity index (χ3v) is 5.03. The zero-order valence-electron chi connectivity index (χ0n) is 15.0. The highest BCUT2D eigenvalue weighted by atomic mass is 35.5. The average molecular weight is 390 g/mol. The molecule has 142 valence electrons. The SMILES string of the molecule is CC(C(=O)Nc1ccc(F)c(Cl)c1)N1CCN(C(=O)c2ccccc2)CC1. The van der Waals surface area contributed by atoms with Gasteiger partial charge in [0.05, 0.1) is 11.1 Å². The van der Waals surface area contributed by atoms with E-state index in [-0.39, 0.29) is 22.9 Å². The Morgan fingerprint density at radius 1 is 1.07 bits per heavy atom. The van der Waals surface area contributed by atoms with E-state index in [9.17, 15) is 14.0 Å². The maximum Gasteiger partial charge on any atom is 0.253 e. The van der Waals surface area contributed by atoms with Crippen LogP contribution < -0.4 is 5.32 Å². The smallest absolute Gasteiger partial charge is 0.253 e. The lowest BCUT2D eigenvalue weighted by atomic mass is 10.1. The van der Waals surface area contributed by atoms with Gasteiger partial charge in [-0.3, -0.25) is 14.5 Å². The Bertz CT molecular complexity index is 823. The number of nitrogens with one attached hydrogen (secondary N) is 1. The van der Waals surface area contributed by atoms with Gasteiger partial charge in [-0.05, 0) is 37.3 Å². The second kappa shape index (κ2) is 8.50. The van der Waals surface area contributed by atoms with Crippen LogP contribution in [0.1, 0.15) is 17.3 Å². The molecule has 2 aromatic carbocycles. The highest BCUT2D eigenvalue weighted by Crippen LogP contribution is 2.20. The number of rotatable bonds is 4. The highest BCUT2D eigenvalue weighted by Gasteiger charge is 2.28. The third-order valence-electron chi connectivity index (χ3n) is 4.74. The Kier molecular flexibility index (Phi) is 6.08. The highest BCUT2D eigenvalue weighted by molar-refractivity contribution is 6.31. The van der Waals surface area contributed by atoms with Gasteiger partial charge in [-0.15, -0.1) is 0 Å². The van der Waals surface area contributed by atoms with E-state index < -0.39 is 5.82 Å². The Labute approximate surface area is 162 Å². The van der Waals surface area contributed by atoms with Crippen molar-refractivity contribution in [3.05, 3.63) is 64.9 Å². The number of piperazine rings is 1. The van der Waals surface area contributed by atoms with Crippen molar-refractivity contribution >= 4 is 29.1 Å². The lowest BCUT2D eigenvalue weighted by molar-refractivity contribution is -0.121. The van der Waals surface area contributed by atoms with Crippen LogP contribution in [0.5, 0.6) is 0 Å². The van der Waals surface area contributed by atoms with E-state index in [4.69, 9.17) is 11.6 Å². The minimum Gasteiger partial charge on any atom is -0.336 e. The van der Waals surface area contributed by atoms with Gasteiger partial charge in [0, 0.05) is 37.4 Å². The van der Waals surface area contributed by atoms with E-state index in [0.717, 1.165) is 0 Å². The summed E-state index contributed by atoms with van der Waals surface area (Å²) in [4.78, 5) is 28.8. The van der Waals surface area contributed by atoms with Crippen LogP contribution in [-0.2, 0) is 4.79 Å². The molecule has 0 spiro atoms. The van der Waals surface area contributed by atoms with E-state index in [1.54, 1.807) is 17.0 Å². The molecule has 1 N–H and O–H groups in total. The quantitative estimate of drug-likeness (QED) is 0.873. The fraction of sp³-hybridized carbons (Fsp3) is 0.300. The van der Waals surface area contributed by atoms with E-state index >= 15 is 0 Å². The summed E-state index contributed by atoms with van der Waals surface area (Å²) in [6.45, 7) is 4.16. The predicted molar refractivity (Wildman–Crippen MR) is 103 cm³/mol. The molecule has 3 rings (SSSR count). The van der Waals surface area contributed by atoms with Gasteiger partial charge in [0.2, 0.25) is 5.91 Å².